The van der Waals surface area contributed by atoms with Crippen molar-refractivity contribution in [2.75, 3.05) is 50.5 Å². The average molecular weight is 266 g/mol. The number of hydrogen-bond acceptors (Lipinski definition) is 4. The Bertz CT molecular complexity index is 347. The number of hydrogen-bond donors (Lipinski definition) is 1. The summed E-state index contributed by atoms with van der Waals surface area (Å²) in [4.78, 5) is 4.97. The van der Waals surface area contributed by atoms with E-state index in [0.717, 1.165) is 37.7 Å². The summed E-state index contributed by atoms with van der Waals surface area (Å²) in [5.74, 6) is 1.91. The lowest BCUT2D eigenvalue weighted by atomic mass is 10.2. The molecule has 0 N–H and O–H groups in total. The van der Waals surface area contributed by atoms with Crippen molar-refractivity contribution in [1.82, 2.24) is 4.90 Å². The van der Waals surface area contributed by atoms with Crippen molar-refractivity contribution in [1.29, 1.82) is 0 Å². The molecule has 18 heavy (non-hydrogen) atoms. The van der Waals surface area contributed by atoms with Gasteiger partial charge in [0.15, 0.2) is 0 Å². The van der Waals surface area contributed by atoms with Crippen molar-refractivity contribution >= 4 is 18.3 Å². The van der Waals surface area contributed by atoms with Crippen LogP contribution in [0.4, 0.5) is 5.69 Å². The number of benzene rings is 1. The van der Waals surface area contributed by atoms with Gasteiger partial charge in [0.05, 0.1) is 7.11 Å². The van der Waals surface area contributed by atoms with Crippen molar-refractivity contribution in [2.24, 2.45) is 0 Å². The minimum Gasteiger partial charge on any atom is -0.497 e. The number of ether oxygens (including phenoxy) is 1. The predicted molar refractivity (Wildman–Crippen MR) is 80.1 cm³/mol. The summed E-state index contributed by atoms with van der Waals surface area (Å²) in [6, 6.07) is 8.34. The maximum absolute atomic E-state index is 5.18. The minimum atomic E-state index is 0.922. The maximum atomic E-state index is 5.18. The van der Waals surface area contributed by atoms with Gasteiger partial charge in [-0.1, -0.05) is 0 Å². The zero-order chi connectivity index (χ0) is 12.8. The molecular formula is C14H22N2OS. The first-order valence-electron chi connectivity index (χ1n) is 6.55. The van der Waals surface area contributed by atoms with Gasteiger partial charge in [0.1, 0.15) is 5.75 Å². The zero-order valence-electron chi connectivity index (χ0n) is 11.0. The second kappa shape index (κ2) is 6.90. The highest BCUT2D eigenvalue weighted by atomic mass is 32.1. The Morgan fingerprint density at radius 3 is 2.33 bits per heavy atom. The molecule has 1 saturated heterocycles. The fourth-order valence-electron chi connectivity index (χ4n) is 2.32. The fraction of sp³-hybridized carbons (Fsp3) is 0.571. The Morgan fingerprint density at radius 1 is 1.11 bits per heavy atom. The lowest BCUT2D eigenvalue weighted by molar-refractivity contribution is 0.259. The van der Waals surface area contributed by atoms with Crippen LogP contribution < -0.4 is 9.64 Å². The van der Waals surface area contributed by atoms with E-state index in [0.29, 0.717) is 0 Å². The Hall–Kier alpha value is -0.870. The van der Waals surface area contributed by atoms with Crippen molar-refractivity contribution in [3.05, 3.63) is 24.3 Å². The summed E-state index contributed by atoms with van der Waals surface area (Å²) < 4.78 is 5.18. The van der Waals surface area contributed by atoms with Gasteiger partial charge in [0.2, 0.25) is 0 Å². The predicted octanol–water partition coefficient (Wildman–Crippen LogP) is 2.14. The number of piperazine rings is 1. The molecule has 0 amide bonds. The molecule has 0 saturated carbocycles. The van der Waals surface area contributed by atoms with Gasteiger partial charge in [0, 0.05) is 31.9 Å². The summed E-state index contributed by atoms with van der Waals surface area (Å²) >= 11 is 4.26. The molecule has 0 atom stereocenters. The van der Waals surface area contributed by atoms with Gasteiger partial charge in [-0.2, -0.15) is 12.6 Å². The third-order valence-corrected chi connectivity index (χ3v) is 3.76. The highest BCUT2D eigenvalue weighted by molar-refractivity contribution is 7.80. The van der Waals surface area contributed by atoms with E-state index in [1.54, 1.807) is 7.11 Å². The topological polar surface area (TPSA) is 15.7 Å². The molecule has 0 spiro atoms. The summed E-state index contributed by atoms with van der Waals surface area (Å²) in [7, 11) is 1.70. The number of thiol groups is 1. The molecule has 1 aromatic carbocycles. The molecule has 1 aromatic rings. The van der Waals surface area contributed by atoms with Crippen molar-refractivity contribution in [2.45, 2.75) is 6.42 Å². The molecule has 0 bridgehead atoms. The highest BCUT2D eigenvalue weighted by Gasteiger charge is 2.16. The lowest BCUT2D eigenvalue weighted by Gasteiger charge is -2.36. The van der Waals surface area contributed by atoms with Crippen LogP contribution >= 0.6 is 12.6 Å². The van der Waals surface area contributed by atoms with E-state index in [1.165, 1.54) is 18.7 Å². The third-order valence-electron chi connectivity index (χ3n) is 3.44. The average Bonchev–Trinajstić information content (AvgIpc) is 2.46. The first-order valence-corrected chi connectivity index (χ1v) is 7.19. The molecule has 2 rings (SSSR count). The van der Waals surface area contributed by atoms with Gasteiger partial charge in [-0.25, -0.2) is 0 Å². The van der Waals surface area contributed by atoms with Crippen molar-refractivity contribution < 1.29 is 4.74 Å². The molecule has 3 nitrogen and oxygen atoms in total. The largest absolute Gasteiger partial charge is 0.497 e. The van der Waals surface area contributed by atoms with Crippen LogP contribution in [0.15, 0.2) is 24.3 Å². The quantitative estimate of drug-likeness (QED) is 0.822. The van der Waals surface area contributed by atoms with E-state index in [-0.39, 0.29) is 0 Å². The van der Waals surface area contributed by atoms with Crippen LogP contribution in [-0.4, -0.2) is 50.5 Å². The standard InChI is InChI=1S/C14H22N2OS/c1-17-14-5-3-13(4-6-14)16-10-8-15(9-11-16)7-2-12-18/h3-6,18H,2,7-12H2,1H3. The molecule has 4 heteroatoms. The van der Waals surface area contributed by atoms with Crippen LogP contribution in [0.5, 0.6) is 5.75 Å². The summed E-state index contributed by atoms with van der Waals surface area (Å²) in [5.41, 5.74) is 1.30. The van der Waals surface area contributed by atoms with E-state index in [9.17, 15) is 0 Å². The molecule has 1 fully saturated rings. The number of rotatable bonds is 5. The molecule has 1 aliphatic heterocycles. The molecule has 0 aromatic heterocycles. The van der Waals surface area contributed by atoms with E-state index in [1.807, 2.05) is 12.1 Å². The van der Waals surface area contributed by atoms with Crippen LogP contribution in [0.25, 0.3) is 0 Å². The van der Waals surface area contributed by atoms with Gasteiger partial charge in [-0.3, -0.25) is 4.90 Å². The third kappa shape index (κ3) is 3.56. The lowest BCUT2D eigenvalue weighted by Crippen LogP contribution is -2.46. The van der Waals surface area contributed by atoms with Gasteiger partial charge >= 0.3 is 0 Å². The first-order chi connectivity index (χ1) is 8.83. The van der Waals surface area contributed by atoms with Crippen LogP contribution in [0.1, 0.15) is 6.42 Å². The van der Waals surface area contributed by atoms with Gasteiger partial charge < -0.3 is 9.64 Å². The number of methoxy groups -OCH3 is 1. The highest BCUT2D eigenvalue weighted by Crippen LogP contribution is 2.20. The summed E-state index contributed by atoms with van der Waals surface area (Å²) in [5, 5.41) is 0. The van der Waals surface area contributed by atoms with Crippen LogP contribution in [0.2, 0.25) is 0 Å². The monoisotopic (exact) mass is 266 g/mol. The SMILES string of the molecule is COc1ccc(N2CCN(CCCS)CC2)cc1. The maximum Gasteiger partial charge on any atom is 0.119 e. The van der Waals surface area contributed by atoms with Crippen molar-refractivity contribution in [3.63, 3.8) is 0 Å². The fourth-order valence-corrected chi connectivity index (χ4v) is 2.46. The van der Waals surface area contributed by atoms with Gasteiger partial charge in [-0.05, 0) is 43.0 Å². The molecule has 1 heterocycles. The molecule has 0 radical (unpaired) electrons. The minimum absolute atomic E-state index is 0.922. The smallest absolute Gasteiger partial charge is 0.119 e. The van der Waals surface area contributed by atoms with E-state index < -0.39 is 0 Å². The van der Waals surface area contributed by atoms with E-state index >= 15 is 0 Å². The number of anilines is 1. The van der Waals surface area contributed by atoms with Crippen LogP contribution in [-0.2, 0) is 0 Å². The molecule has 0 unspecified atom stereocenters. The first kappa shape index (κ1) is 13.6. The second-order valence-electron chi connectivity index (χ2n) is 4.60. The zero-order valence-corrected chi connectivity index (χ0v) is 11.9. The summed E-state index contributed by atoms with van der Waals surface area (Å²) in [6.45, 7) is 5.71. The van der Waals surface area contributed by atoms with Crippen molar-refractivity contribution in [3.8, 4) is 5.75 Å². The summed E-state index contributed by atoms with van der Waals surface area (Å²) in [6.07, 6.45) is 1.19. The molecular weight excluding hydrogens is 244 g/mol. The van der Waals surface area contributed by atoms with Gasteiger partial charge in [0.25, 0.3) is 0 Å². The Labute approximate surface area is 115 Å². The van der Waals surface area contributed by atoms with Crippen LogP contribution in [0.3, 0.4) is 0 Å². The van der Waals surface area contributed by atoms with Crippen LogP contribution in [0, 0.1) is 0 Å². The molecule has 0 aliphatic carbocycles. The Balaban J connectivity index is 1.84. The molecule has 100 valence electrons. The Kier molecular flexibility index (Phi) is 5.20. The number of nitrogens with zero attached hydrogens (tertiary/aromatic N) is 2. The second-order valence-corrected chi connectivity index (χ2v) is 5.05. The van der Waals surface area contributed by atoms with E-state index in [2.05, 4.69) is 34.6 Å². The molecule has 1 aliphatic rings. The van der Waals surface area contributed by atoms with Gasteiger partial charge in [-0.15, -0.1) is 0 Å². The normalized spacial score (nSPS) is 16.9. The van der Waals surface area contributed by atoms with E-state index in [4.69, 9.17) is 4.74 Å². The Morgan fingerprint density at radius 2 is 1.78 bits per heavy atom.